The molecule has 0 aliphatic carbocycles. The molecule has 2 heterocycles. The van der Waals surface area contributed by atoms with Gasteiger partial charge in [0.25, 0.3) is 5.91 Å². The molecule has 0 radical (unpaired) electrons. The van der Waals surface area contributed by atoms with Crippen molar-refractivity contribution in [3.8, 4) is 0 Å². The van der Waals surface area contributed by atoms with E-state index in [4.69, 9.17) is 4.52 Å². The molecule has 0 fully saturated rings. The van der Waals surface area contributed by atoms with Gasteiger partial charge in [-0.15, -0.1) is 0 Å². The fourth-order valence-electron chi connectivity index (χ4n) is 1.47. The second-order valence-corrected chi connectivity index (χ2v) is 5.17. The SMILES string of the molecule is Cc1oncc1C(=O)Nc1cc(C(C)(C)C)[nH]n1. The lowest BCUT2D eigenvalue weighted by Crippen LogP contribution is -2.12. The average Bonchev–Trinajstić information content (AvgIpc) is 2.85. The Morgan fingerprint density at radius 2 is 2.17 bits per heavy atom. The topological polar surface area (TPSA) is 83.8 Å². The number of nitrogens with zero attached hydrogens (tertiary/aromatic N) is 2. The van der Waals surface area contributed by atoms with E-state index < -0.39 is 0 Å². The second kappa shape index (κ2) is 4.29. The third kappa shape index (κ3) is 2.42. The number of nitrogens with one attached hydrogen (secondary N) is 2. The number of carbonyl (C=O) groups excluding carboxylic acids is 1. The molecule has 0 spiro atoms. The number of aryl methyl sites for hydroxylation is 1. The number of aromatic nitrogens is 3. The van der Waals surface area contributed by atoms with Crippen molar-refractivity contribution in [1.29, 1.82) is 0 Å². The molecule has 0 saturated carbocycles. The molecule has 0 bridgehead atoms. The summed E-state index contributed by atoms with van der Waals surface area (Å²) in [5.41, 5.74) is 1.33. The number of carbonyl (C=O) groups is 1. The fourth-order valence-corrected chi connectivity index (χ4v) is 1.47. The van der Waals surface area contributed by atoms with Crippen LogP contribution in [-0.4, -0.2) is 21.3 Å². The molecule has 2 rings (SSSR count). The van der Waals surface area contributed by atoms with Crippen LogP contribution in [0.25, 0.3) is 0 Å². The highest BCUT2D eigenvalue weighted by Gasteiger charge is 2.18. The molecule has 18 heavy (non-hydrogen) atoms. The minimum atomic E-state index is -0.277. The maximum atomic E-state index is 11.9. The van der Waals surface area contributed by atoms with Crippen LogP contribution in [0.1, 0.15) is 42.6 Å². The molecular formula is C12H16N4O2. The van der Waals surface area contributed by atoms with Crippen molar-refractivity contribution in [2.24, 2.45) is 0 Å². The minimum absolute atomic E-state index is 0.0386. The summed E-state index contributed by atoms with van der Waals surface area (Å²) in [7, 11) is 0. The summed E-state index contributed by atoms with van der Waals surface area (Å²) < 4.78 is 4.84. The first kappa shape index (κ1) is 12.3. The summed E-state index contributed by atoms with van der Waals surface area (Å²) in [5, 5.41) is 13.2. The summed E-state index contributed by atoms with van der Waals surface area (Å²) >= 11 is 0. The van der Waals surface area contributed by atoms with Gasteiger partial charge in [0.15, 0.2) is 5.82 Å². The van der Waals surface area contributed by atoms with E-state index in [9.17, 15) is 4.79 Å². The zero-order valence-electron chi connectivity index (χ0n) is 10.9. The molecule has 6 heteroatoms. The summed E-state index contributed by atoms with van der Waals surface area (Å²) in [4.78, 5) is 11.9. The van der Waals surface area contributed by atoms with Gasteiger partial charge < -0.3 is 9.84 Å². The van der Waals surface area contributed by atoms with Gasteiger partial charge >= 0.3 is 0 Å². The van der Waals surface area contributed by atoms with Gasteiger partial charge in [-0.25, -0.2) is 0 Å². The molecule has 0 aromatic carbocycles. The Morgan fingerprint density at radius 1 is 1.44 bits per heavy atom. The van der Waals surface area contributed by atoms with Crippen molar-refractivity contribution in [2.45, 2.75) is 33.1 Å². The molecule has 0 saturated heterocycles. The van der Waals surface area contributed by atoms with Crippen LogP contribution < -0.4 is 5.32 Å². The number of H-pyrrole nitrogens is 1. The van der Waals surface area contributed by atoms with Crippen LogP contribution in [0.4, 0.5) is 5.82 Å². The first-order chi connectivity index (χ1) is 8.38. The number of rotatable bonds is 2. The van der Waals surface area contributed by atoms with E-state index in [0.717, 1.165) is 5.69 Å². The van der Waals surface area contributed by atoms with E-state index in [1.165, 1.54) is 6.20 Å². The lowest BCUT2D eigenvalue weighted by molar-refractivity contribution is 0.102. The molecule has 6 nitrogen and oxygen atoms in total. The van der Waals surface area contributed by atoms with E-state index in [0.29, 0.717) is 17.1 Å². The highest BCUT2D eigenvalue weighted by Crippen LogP contribution is 2.22. The molecule has 1 amide bonds. The molecule has 0 atom stereocenters. The van der Waals surface area contributed by atoms with Crippen molar-refractivity contribution in [2.75, 3.05) is 5.32 Å². The number of hydrogen-bond acceptors (Lipinski definition) is 4. The number of aromatic amines is 1. The average molecular weight is 248 g/mol. The maximum Gasteiger partial charge on any atom is 0.262 e. The largest absolute Gasteiger partial charge is 0.361 e. The predicted octanol–water partition coefficient (Wildman–Crippen LogP) is 2.26. The monoisotopic (exact) mass is 248 g/mol. The Hall–Kier alpha value is -2.11. The Kier molecular flexibility index (Phi) is 2.94. The van der Waals surface area contributed by atoms with Gasteiger partial charge in [0.2, 0.25) is 0 Å². The van der Waals surface area contributed by atoms with Gasteiger partial charge in [-0.05, 0) is 6.92 Å². The van der Waals surface area contributed by atoms with Gasteiger partial charge in [0, 0.05) is 17.2 Å². The highest BCUT2D eigenvalue weighted by atomic mass is 16.5. The predicted molar refractivity (Wildman–Crippen MR) is 66.5 cm³/mol. The van der Waals surface area contributed by atoms with Gasteiger partial charge in [-0.2, -0.15) is 5.10 Å². The quantitative estimate of drug-likeness (QED) is 0.853. The highest BCUT2D eigenvalue weighted by molar-refractivity contribution is 6.04. The number of amides is 1. The first-order valence-corrected chi connectivity index (χ1v) is 5.66. The molecule has 0 aliphatic rings. The molecule has 2 aromatic heterocycles. The lowest BCUT2D eigenvalue weighted by Gasteiger charge is -2.14. The van der Waals surface area contributed by atoms with E-state index >= 15 is 0 Å². The summed E-state index contributed by atoms with van der Waals surface area (Å²) in [6.07, 6.45) is 1.39. The van der Waals surface area contributed by atoms with Crippen LogP contribution in [0.3, 0.4) is 0 Å². The van der Waals surface area contributed by atoms with Crippen LogP contribution in [-0.2, 0) is 5.41 Å². The third-order valence-electron chi connectivity index (χ3n) is 2.62. The molecular weight excluding hydrogens is 232 g/mol. The van der Waals surface area contributed by atoms with Crippen molar-refractivity contribution < 1.29 is 9.32 Å². The van der Waals surface area contributed by atoms with Gasteiger partial charge in [-0.1, -0.05) is 25.9 Å². The summed E-state index contributed by atoms with van der Waals surface area (Å²) in [6.45, 7) is 7.88. The minimum Gasteiger partial charge on any atom is -0.361 e. The molecule has 0 aliphatic heterocycles. The normalized spacial score (nSPS) is 11.6. The Balaban J connectivity index is 2.13. The number of anilines is 1. The Labute approximate surface area is 105 Å². The van der Waals surface area contributed by atoms with Gasteiger partial charge in [-0.3, -0.25) is 9.89 Å². The van der Waals surface area contributed by atoms with E-state index in [1.807, 2.05) is 6.07 Å². The van der Waals surface area contributed by atoms with Crippen LogP contribution in [0.15, 0.2) is 16.8 Å². The van der Waals surface area contributed by atoms with Crippen LogP contribution in [0, 0.1) is 6.92 Å². The van der Waals surface area contributed by atoms with Crippen molar-refractivity contribution in [3.63, 3.8) is 0 Å². The summed E-state index contributed by atoms with van der Waals surface area (Å²) in [6, 6.07) is 1.82. The van der Waals surface area contributed by atoms with Gasteiger partial charge in [0.05, 0.1) is 6.20 Å². The second-order valence-electron chi connectivity index (χ2n) is 5.17. The molecule has 0 unspecified atom stereocenters. The standard InChI is InChI=1S/C12H16N4O2/c1-7-8(6-13-18-7)11(17)14-10-5-9(15-16-10)12(2,3)4/h5-6H,1-4H3,(H2,14,15,16,17). The summed E-state index contributed by atoms with van der Waals surface area (Å²) in [5.74, 6) is 0.699. The molecule has 2 N–H and O–H groups in total. The van der Waals surface area contributed by atoms with Crippen LogP contribution in [0.2, 0.25) is 0 Å². The zero-order valence-corrected chi connectivity index (χ0v) is 10.9. The van der Waals surface area contributed by atoms with Crippen LogP contribution >= 0.6 is 0 Å². The number of hydrogen-bond donors (Lipinski definition) is 2. The van der Waals surface area contributed by atoms with E-state index in [-0.39, 0.29) is 11.3 Å². The zero-order chi connectivity index (χ0) is 13.3. The van der Waals surface area contributed by atoms with Crippen molar-refractivity contribution in [1.82, 2.24) is 15.4 Å². The van der Waals surface area contributed by atoms with Crippen LogP contribution in [0.5, 0.6) is 0 Å². The third-order valence-corrected chi connectivity index (χ3v) is 2.62. The van der Waals surface area contributed by atoms with E-state index in [2.05, 4.69) is 41.4 Å². The Bertz CT molecular complexity index is 563. The molecule has 2 aromatic rings. The lowest BCUT2D eigenvalue weighted by atomic mass is 9.92. The van der Waals surface area contributed by atoms with E-state index in [1.54, 1.807) is 6.92 Å². The smallest absolute Gasteiger partial charge is 0.262 e. The maximum absolute atomic E-state index is 11.9. The first-order valence-electron chi connectivity index (χ1n) is 5.66. The fraction of sp³-hybridized carbons (Fsp3) is 0.417. The van der Waals surface area contributed by atoms with Crippen molar-refractivity contribution >= 4 is 11.7 Å². The van der Waals surface area contributed by atoms with Crippen molar-refractivity contribution in [3.05, 3.63) is 29.3 Å². The Morgan fingerprint density at radius 3 is 2.67 bits per heavy atom. The molecule has 96 valence electrons. The van der Waals surface area contributed by atoms with Gasteiger partial charge in [0.1, 0.15) is 11.3 Å².